The first-order chi connectivity index (χ1) is 13.0. The second kappa shape index (κ2) is 7.50. The minimum absolute atomic E-state index is 0.0105. The Morgan fingerprint density at radius 1 is 1.19 bits per heavy atom. The van der Waals surface area contributed by atoms with Crippen molar-refractivity contribution in [3.05, 3.63) is 35.9 Å². The van der Waals surface area contributed by atoms with Crippen molar-refractivity contribution in [3.63, 3.8) is 0 Å². The predicted molar refractivity (Wildman–Crippen MR) is 99.9 cm³/mol. The van der Waals surface area contributed by atoms with Crippen LogP contribution in [0.15, 0.2) is 30.3 Å². The summed E-state index contributed by atoms with van der Waals surface area (Å²) in [5.74, 6) is -0.347. The first-order valence-corrected chi connectivity index (χ1v) is 9.94. The molecule has 146 valence electrons. The highest BCUT2D eigenvalue weighted by Crippen LogP contribution is 2.41. The van der Waals surface area contributed by atoms with Gasteiger partial charge in [-0.25, -0.2) is 4.79 Å². The van der Waals surface area contributed by atoms with Crippen LogP contribution in [0.5, 0.6) is 0 Å². The van der Waals surface area contributed by atoms with Crippen molar-refractivity contribution in [2.24, 2.45) is 11.3 Å². The Hall–Kier alpha value is -2.08. The van der Waals surface area contributed by atoms with Gasteiger partial charge in [-0.1, -0.05) is 43.7 Å². The summed E-state index contributed by atoms with van der Waals surface area (Å²) in [7, 11) is 0. The van der Waals surface area contributed by atoms with E-state index < -0.39 is 6.09 Å². The molecule has 0 aromatic heterocycles. The van der Waals surface area contributed by atoms with Crippen molar-refractivity contribution >= 4 is 12.0 Å². The van der Waals surface area contributed by atoms with Crippen LogP contribution in [0.25, 0.3) is 0 Å². The third-order valence-electron chi connectivity index (χ3n) is 6.32. The van der Waals surface area contributed by atoms with E-state index in [0.29, 0.717) is 6.54 Å². The summed E-state index contributed by atoms with van der Waals surface area (Å²) in [6.45, 7) is 3.12. The van der Waals surface area contributed by atoms with Crippen molar-refractivity contribution in [2.45, 2.75) is 63.9 Å². The van der Waals surface area contributed by atoms with Gasteiger partial charge in [0.05, 0.1) is 24.2 Å². The highest BCUT2D eigenvalue weighted by atomic mass is 16.6. The van der Waals surface area contributed by atoms with E-state index in [0.717, 1.165) is 31.2 Å². The molecule has 1 aliphatic carbocycles. The van der Waals surface area contributed by atoms with Gasteiger partial charge in [-0.2, -0.15) is 0 Å². The molecule has 0 spiro atoms. The minimum atomic E-state index is -0.497. The van der Waals surface area contributed by atoms with Crippen LogP contribution in [0.2, 0.25) is 0 Å². The lowest BCUT2D eigenvalue weighted by molar-refractivity contribution is -0.127. The van der Waals surface area contributed by atoms with Gasteiger partial charge in [-0.05, 0) is 36.7 Å². The number of ether oxygens (including phenoxy) is 2. The Morgan fingerprint density at radius 2 is 1.93 bits per heavy atom. The average Bonchev–Trinajstić information content (AvgIpc) is 3.25. The number of rotatable bonds is 6. The summed E-state index contributed by atoms with van der Waals surface area (Å²) in [6, 6.07) is 9.23. The van der Waals surface area contributed by atoms with Crippen LogP contribution in [-0.2, 0) is 20.9 Å². The van der Waals surface area contributed by atoms with Crippen LogP contribution in [0, 0.1) is 11.3 Å². The number of carbonyl (C=O) groups excluding carboxylic acids is 2. The molecule has 1 aromatic rings. The van der Waals surface area contributed by atoms with E-state index in [1.165, 1.54) is 6.42 Å². The zero-order chi connectivity index (χ0) is 18.9. The largest absolute Gasteiger partial charge is 0.445 e. The Kier molecular flexibility index (Phi) is 5.08. The molecule has 3 fully saturated rings. The number of fused-ring (bicyclic) bond motifs is 2. The van der Waals surface area contributed by atoms with E-state index in [2.05, 4.69) is 17.6 Å². The van der Waals surface area contributed by atoms with Crippen molar-refractivity contribution in [2.75, 3.05) is 6.54 Å². The monoisotopic (exact) mass is 372 g/mol. The number of amides is 2. The van der Waals surface area contributed by atoms with Crippen molar-refractivity contribution in [1.82, 2.24) is 10.6 Å². The maximum absolute atomic E-state index is 12.8. The lowest BCUT2D eigenvalue weighted by Crippen LogP contribution is -2.53. The number of benzene rings is 1. The molecule has 2 aliphatic heterocycles. The van der Waals surface area contributed by atoms with Gasteiger partial charge in [-0.15, -0.1) is 0 Å². The molecule has 1 saturated carbocycles. The van der Waals surface area contributed by atoms with Crippen molar-refractivity contribution < 1.29 is 19.1 Å². The zero-order valence-electron chi connectivity index (χ0n) is 15.8. The standard InChI is InChI=1S/C21H28N2O4/c1-21(10-5-11-21)13-22-19(24)17-15-8-9-16(27-15)18(17)23-20(25)26-12-14-6-3-2-4-7-14/h2-4,6-7,15-18H,5,8-13H2,1H3,(H,22,24)(H,23,25)/t15-,16+,17+,18-/m0/s1. The Labute approximate surface area is 160 Å². The summed E-state index contributed by atoms with van der Waals surface area (Å²) in [4.78, 5) is 25.1. The van der Waals surface area contributed by atoms with Gasteiger partial charge in [-0.3, -0.25) is 4.79 Å². The van der Waals surface area contributed by atoms with Crippen LogP contribution in [-0.4, -0.2) is 36.8 Å². The minimum Gasteiger partial charge on any atom is -0.445 e. The van der Waals surface area contributed by atoms with E-state index in [-0.39, 0.29) is 42.1 Å². The lowest BCUT2D eigenvalue weighted by atomic mass is 9.70. The van der Waals surface area contributed by atoms with Crippen molar-refractivity contribution in [1.29, 1.82) is 0 Å². The van der Waals surface area contributed by atoms with E-state index in [1.807, 2.05) is 30.3 Å². The van der Waals surface area contributed by atoms with Crippen LogP contribution in [0.3, 0.4) is 0 Å². The average molecular weight is 372 g/mol. The summed E-state index contributed by atoms with van der Waals surface area (Å²) in [5.41, 5.74) is 1.16. The molecule has 2 N–H and O–H groups in total. The maximum atomic E-state index is 12.8. The van der Waals surface area contributed by atoms with Crippen LogP contribution in [0.1, 0.15) is 44.6 Å². The lowest BCUT2D eigenvalue weighted by Gasteiger charge is -2.39. The van der Waals surface area contributed by atoms with E-state index in [4.69, 9.17) is 9.47 Å². The topological polar surface area (TPSA) is 76.7 Å². The number of carbonyl (C=O) groups is 2. The fourth-order valence-corrected chi connectivity index (χ4v) is 4.47. The molecule has 2 heterocycles. The van der Waals surface area contributed by atoms with Gasteiger partial charge in [0.1, 0.15) is 6.61 Å². The number of hydrogen-bond donors (Lipinski definition) is 2. The number of alkyl carbamates (subject to hydrolysis) is 1. The second-order valence-electron chi connectivity index (χ2n) is 8.43. The van der Waals surface area contributed by atoms with E-state index in [1.54, 1.807) is 0 Å². The fraction of sp³-hybridized carbons (Fsp3) is 0.619. The summed E-state index contributed by atoms with van der Waals surface area (Å²) < 4.78 is 11.3. The molecule has 4 rings (SSSR count). The Morgan fingerprint density at radius 3 is 2.63 bits per heavy atom. The smallest absolute Gasteiger partial charge is 0.407 e. The summed E-state index contributed by atoms with van der Waals surface area (Å²) >= 11 is 0. The van der Waals surface area contributed by atoms with Gasteiger partial charge in [0, 0.05) is 6.54 Å². The molecule has 6 heteroatoms. The molecule has 27 heavy (non-hydrogen) atoms. The van der Waals surface area contributed by atoms with Crippen LogP contribution < -0.4 is 10.6 Å². The van der Waals surface area contributed by atoms with Gasteiger partial charge < -0.3 is 20.1 Å². The number of nitrogens with one attached hydrogen (secondary N) is 2. The first-order valence-electron chi connectivity index (χ1n) is 9.94. The highest BCUT2D eigenvalue weighted by Gasteiger charge is 2.53. The summed E-state index contributed by atoms with van der Waals surface area (Å²) in [6.07, 6.45) is 4.59. The van der Waals surface area contributed by atoms with Gasteiger partial charge >= 0.3 is 6.09 Å². The van der Waals surface area contributed by atoms with Crippen molar-refractivity contribution in [3.8, 4) is 0 Å². The predicted octanol–water partition coefficient (Wildman–Crippen LogP) is 2.77. The molecular weight excluding hydrogens is 344 g/mol. The van der Waals surface area contributed by atoms with Gasteiger partial charge in [0.25, 0.3) is 0 Å². The first kappa shape index (κ1) is 18.3. The van der Waals surface area contributed by atoms with E-state index >= 15 is 0 Å². The number of hydrogen-bond acceptors (Lipinski definition) is 4. The quantitative estimate of drug-likeness (QED) is 0.805. The molecule has 0 unspecified atom stereocenters. The molecule has 0 radical (unpaired) electrons. The fourth-order valence-electron chi connectivity index (χ4n) is 4.47. The van der Waals surface area contributed by atoms with Crippen LogP contribution >= 0.6 is 0 Å². The Bertz CT molecular complexity index is 689. The SMILES string of the molecule is CC1(CNC(=O)[C@H]2[C@@H](NC(=O)OCc3ccccc3)[C@H]3CC[C@@H]2O3)CCC1. The third kappa shape index (κ3) is 3.95. The molecule has 2 amide bonds. The highest BCUT2D eigenvalue weighted by molar-refractivity contribution is 5.82. The normalized spacial score (nSPS) is 30.4. The molecule has 4 atom stereocenters. The molecule has 2 bridgehead atoms. The molecule has 2 saturated heterocycles. The van der Waals surface area contributed by atoms with E-state index in [9.17, 15) is 9.59 Å². The molecule has 3 aliphatic rings. The van der Waals surface area contributed by atoms with Gasteiger partial charge in [0.2, 0.25) is 5.91 Å². The Balaban J connectivity index is 1.32. The zero-order valence-corrected chi connectivity index (χ0v) is 15.8. The maximum Gasteiger partial charge on any atom is 0.407 e. The summed E-state index contributed by atoms with van der Waals surface area (Å²) in [5, 5.41) is 5.99. The van der Waals surface area contributed by atoms with Gasteiger partial charge in [0.15, 0.2) is 0 Å². The second-order valence-corrected chi connectivity index (χ2v) is 8.43. The molecule has 1 aromatic carbocycles. The molecular formula is C21H28N2O4. The van der Waals surface area contributed by atoms with Crippen LogP contribution in [0.4, 0.5) is 4.79 Å². The third-order valence-corrected chi connectivity index (χ3v) is 6.32. The molecule has 6 nitrogen and oxygen atoms in total.